The minimum absolute atomic E-state index is 0.0623. The van der Waals surface area contributed by atoms with Crippen LogP contribution in [0.15, 0.2) is 46.0 Å². The van der Waals surface area contributed by atoms with Crippen molar-refractivity contribution in [2.45, 2.75) is 30.8 Å². The number of hydrogen-bond acceptors (Lipinski definition) is 6. The molecule has 1 atom stereocenters. The molecule has 1 unspecified atom stereocenters. The summed E-state index contributed by atoms with van der Waals surface area (Å²) >= 11 is 1.10. The predicted molar refractivity (Wildman–Crippen MR) is 90.5 cm³/mol. The van der Waals surface area contributed by atoms with Gasteiger partial charge in [0.25, 0.3) is 10.0 Å². The lowest BCUT2D eigenvalue weighted by molar-refractivity contribution is -0.307. The van der Waals surface area contributed by atoms with Crippen LogP contribution < -0.4 is 10.0 Å². The minimum atomic E-state index is -4.05. The van der Waals surface area contributed by atoms with E-state index in [-0.39, 0.29) is 23.5 Å². The number of carboxylic acid groups (broad SMARTS) is 1. The van der Waals surface area contributed by atoms with E-state index in [1.807, 2.05) is 0 Å². The Morgan fingerprint density at radius 2 is 1.92 bits per heavy atom. The number of fused-ring (bicyclic) bond motifs is 1. The Labute approximate surface area is 149 Å². The summed E-state index contributed by atoms with van der Waals surface area (Å²) < 4.78 is 26.4. The van der Waals surface area contributed by atoms with E-state index < -0.39 is 28.1 Å². The number of carbonyl (C=O) groups is 2. The van der Waals surface area contributed by atoms with Gasteiger partial charge in [0.15, 0.2) is 0 Å². The number of carboxylic acids is 1. The number of anilines is 1. The first-order chi connectivity index (χ1) is 11.9. The molecule has 1 aromatic heterocycles. The maximum Gasteiger partial charge on any atom is 0.339 e. The van der Waals surface area contributed by atoms with Crippen molar-refractivity contribution in [1.29, 1.82) is 0 Å². The number of nitrogens with zero attached hydrogens (tertiary/aromatic N) is 2. The van der Waals surface area contributed by atoms with E-state index in [0.717, 1.165) is 16.2 Å². The van der Waals surface area contributed by atoms with Crippen molar-refractivity contribution in [3.8, 4) is 0 Å². The summed E-state index contributed by atoms with van der Waals surface area (Å²) in [5, 5.41) is 14.3. The van der Waals surface area contributed by atoms with Crippen molar-refractivity contribution in [2.75, 3.05) is 4.90 Å². The highest BCUT2D eigenvalue weighted by Gasteiger charge is 2.44. The average Bonchev–Trinajstić information content (AvgIpc) is 3.06. The van der Waals surface area contributed by atoms with Gasteiger partial charge in [-0.2, -0.15) is 0 Å². The molecule has 132 valence electrons. The molecule has 7 nitrogen and oxygen atoms in total. The molecular weight excluding hydrogens is 364 g/mol. The van der Waals surface area contributed by atoms with Gasteiger partial charge in [0.2, 0.25) is 0 Å². The zero-order valence-corrected chi connectivity index (χ0v) is 14.9. The minimum Gasteiger partial charge on any atom is -0.548 e. The second-order valence-corrected chi connectivity index (χ2v) is 8.09. The second kappa shape index (κ2) is 6.49. The molecule has 1 aliphatic rings. The quantitative estimate of drug-likeness (QED) is 0.782. The molecule has 2 heterocycles. The number of carbonyl (C=O) groups excluding carboxylic acids is 2. The number of aliphatic carboxylic acids is 1. The van der Waals surface area contributed by atoms with Crippen LogP contribution in [0.2, 0.25) is 0 Å². The van der Waals surface area contributed by atoms with Crippen LogP contribution in [-0.4, -0.2) is 30.8 Å². The summed E-state index contributed by atoms with van der Waals surface area (Å²) in [7, 11) is -4.05. The van der Waals surface area contributed by atoms with Crippen LogP contribution in [0.25, 0.3) is 0 Å². The summed E-state index contributed by atoms with van der Waals surface area (Å²) in [6.07, 6.45) is 0.0998. The van der Waals surface area contributed by atoms with Crippen LogP contribution in [0, 0.1) is 0 Å². The van der Waals surface area contributed by atoms with Crippen LogP contribution >= 0.6 is 11.3 Å². The van der Waals surface area contributed by atoms with Crippen LogP contribution in [0.4, 0.5) is 10.5 Å². The number of sulfonamides is 1. The Morgan fingerprint density at radius 1 is 1.24 bits per heavy atom. The monoisotopic (exact) mass is 379 g/mol. The van der Waals surface area contributed by atoms with Gasteiger partial charge in [-0.05, 0) is 12.0 Å². The summed E-state index contributed by atoms with van der Waals surface area (Å²) in [6, 6.07) is 6.53. The van der Waals surface area contributed by atoms with Crippen molar-refractivity contribution in [3.05, 3.63) is 46.7 Å². The van der Waals surface area contributed by atoms with E-state index in [4.69, 9.17) is 0 Å². The van der Waals surface area contributed by atoms with Gasteiger partial charge < -0.3 is 9.90 Å². The van der Waals surface area contributed by atoms with E-state index in [9.17, 15) is 23.1 Å². The Balaban J connectivity index is 2.11. The van der Waals surface area contributed by atoms with Crippen molar-refractivity contribution >= 4 is 39.0 Å². The van der Waals surface area contributed by atoms with E-state index in [2.05, 4.69) is 0 Å². The molecule has 3 rings (SSSR count). The molecule has 0 N–H and O–H groups in total. The highest BCUT2D eigenvalue weighted by atomic mass is 32.2. The highest BCUT2D eigenvalue weighted by molar-refractivity contribution is 7.90. The van der Waals surface area contributed by atoms with Gasteiger partial charge in [0, 0.05) is 10.8 Å². The van der Waals surface area contributed by atoms with Gasteiger partial charge in [-0.25, -0.2) is 17.5 Å². The van der Waals surface area contributed by atoms with E-state index in [1.165, 1.54) is 10.8 Å². The fraction of sp³-hybridized carbons (Fsp3) is 0.250. The molecule has 25 heavy (non-hydrogen) atoms. The molecule has 0 fully saturated rings. The normalized spacial score (nSPS) is 17.2. The molecule has 0 spiro atoms. The van der Waals surface area contributed by atoms with Gasteiger partial charge in [0.1, 0.15) is 4.90 Å². The largest absolute Gasteiger partial charge is 0.548 e. The molecule has 0 saturated carbocycles. The standard InChI is InChI=1S/C16H16N2O5S2/c1-2-12(15(19)20)18-13-9-24-10-14(13)25(22,23)17(16(18)21)8-11-6-4-3-5-7-11/h3-7,9-10,12H,2,8H2,1H3,(H,19,20)/p-1. The molecule has 0 radical (unpaired) electrons. The van der Waals surface area contributed by atoms with Crippen molar-refractivity contribution in [3.63, 3.8) is 0 Å². The number of thiophene rings is 1. The Hall–Kier alpha value is -2.39. The number of rotatable bonds is 5. The number of benzene rings is 1. The Morgan fingerprint density at radius 3 is 2.52 bits per heavy atom. The highest BCUT2D eigenvalue weighted by Crippen LogP contribution is 2.39. The number of hydrogen-bond donors (Lipinski definition) is 0. The maximum absolute atomic E-state index is 12.9. The third kappa shape index (κ3) is 2.89. The average molecular weight is 379 g/mol. The molecule has 0 saturated heterocycles. The fourth-order valence-electron chi connectivity index (χ4n) is 2.75. The van der Waals surface area contributed by atoms with E-state index >= 15 is 0 Å². The smallest absolute Gasteiger partial charge is 0.339 e. The lowest BCUT2D eigenvalue weighted by Crippen LogP contribution is -2.58. The van der Waals surface area contributed by atoms with E-state index in [1.54, 1.807) is 37.3 Å². The van der Waals surface area contributed by atoms with Crippen molar-refractivity contribution in [2.24, 2.45) is 0 Å². The topological polar surface area (TPSA) is 97.8 Å². The molecule has 9 heteroatoms. The van der Waals surface area contributed by atoms with Crippen LogP contribution in [0.5, 0.6) is 0 Å². The van der Waals surface area contributed by atoms with Gasteiger partial charge in [-0.1, -0.05) is 37.3 Å². The van der Waals surface area contributed by atoms with Crippen molar-refractivity contribution in [1.82, 2.24) is 4.31 Å². The summed E-state index contributed by atoms with van der Waals surface area (Å²) in [5.74, 6) is -1.42. The SMILES string of the molecule is CCC(C(=O)[O-])N1C(=O)N(Cc2ccccc2)S(=O)(=O)c2cscc21. The molecule has 0 aliphatic carbocycles. The molecule has 2 aromatic rings. The van der Waals surface area contributed by atoms with Crippen LogP contribution in [0.1, 0.15) is 18.9 Å². The molecule has 1 aromatic carbocycles. The first kappa shape index (κ1) is 17.4. The van der Waals surface area contributed by atoms with Crippen LogP contribution in [0.3, 0.4) is 0 Å². The van der Waals surface area contributed by atoms with Gasteiger partial charge in [0.05, 0.1) is 24.2 Å². The molecular formula is C16H15N2O5S2-. The van der Waals surface area contributed by atoms with Gasteiger partial charge >= 0.3 is 6.03 Å². The molecule has 2 amide bonds. The summed E-state index contributed by atoms with van der Waals surface area (Å²) in [6.45, 7) is 1.43. The van der Waals surface area contributed by atoms with Crippen LogP contribution in [-0.2, 0) is 21.4 Å². The third-order valence-corrected chi connectivity index (χ3v) is 6.62. The zero-order chi connectivity index (χ0) is 18.2. The summed E-state index contributed by atoms with van der Waals surface area (Å²) in [5.41, 5.74) is 0.718. The third-order valence-electron chi connectivity index (χ3n) is 3.99. The first-order valence-corrected chi connectivity index (χ1v) is 9.93. The number of urea groups is 1. The van der Waals surface area contributed by atoms with Crippen molar-refractivity contribution < 1.29 is 23.1 Å². The molecule has 1 aliphatic heterocycles. The fourth-order valence-corrected chi connectivity index (χ4v) is 5.43. The Kier molecular flexibility index (Phi) is 4.53. The first-order valence-electron chi connectivity index (χ1n) is 7.54. The predicted octanol–water partition coefficient (Wildman–Crippen LogP) is 1.41. The van der Waals surface area contributed by atoms with Gasteiger partial charge in [-0.15, -0.1) is 11.3 Å². The zero-order valence-electron chi connectivity index (χ0n) is 13.3. The van der Waals surface area contributed by atoms with E-state index in [0.29, 0.717) is 9.87 Å². The second-order valence-electron chi connectivity index (χ2n) is 5.51. The molecule has 0 bridgehead atoms. The Bertz CT molecular complexity index is 908. The summed E-state index contributed by atoms with van der Waals surface area (Å²) in [4.78, 5) is 25.3. The van der Waals surface area contributed by atoms with Gasteiger partial charge in [-0.3, -0.25) is 4.90 Å². The maximum atomic E-state index is 12.9. The number of amides is 2. The lowest BCUT2D eigenvalue weighted by atomic mass is 10.2. The lowest BCUT2D eigenvalue weighted by Gasteiger charge is -2.39.